The monoisotopic (exact) mass is 296 g/mol. The molecule has 2 heterocycles. The molecule has 7 nitrogen and oxygen atoms in total. The first kappa shape index (κ1) is 15.4. The lowest BCUT2D eigenvalue weighted by Gasteiger charge is -2.35. The second-order valence-electron chi connectivity index (χ2n) is 5.31. The van der Waals surface area contributed by atoms with Crippen LogP contribution in [0.1, 0.15) is 35.7 Å². The maximum atomic E-state index is 12.1. The molecule has 0 bridgehead atoms. The van der Waals surface area contributed by atoms with Crippen molar-refractivity contribution >= 4 is 12.0 Å². The lowest BCUT2D eigenvalue weighted by Crippen LogP contribution is -2.51. The van der Waals surface area contributed by atoms with E-state index in [1.54, 1.807) is 11.8 Å². The lowest BCUT2D eigenvalue weighted by atomic mass is 10.2. The van der Waals surface area contributed by atoms with Crippen LogP contribution in [0.15, 0.2) is 10.5 Å². The van der Waals surface area contributed by atoms with E-state index in [4.69, 9.17) is 14.3 Å². The summed E-state index contributed by atoms with van der Waals surface area (Å²) in [6.07, 6.45) is 0.00735. The fourth-order valence-electron chi connectivity index (χ4n) is 2.46. The van der Waals surface area contributed by atoms with Crippen molar-refractivity contribution in [2.75, 3.05) is 13.1 Å². The standard InChI is InChI=1S/C14H20N2O5/c1-8-6-16(7-9(2)20-8)14(19)15-5-11-4-12(13(17)18)10(3)21-11/h4,8-9H,5-7H2,1-3H3,(H,15,19)(H,17,18)/t8-,9+. The first-order chi connectivity index (χ1) is 9.86. The third-order valence-corrected chi connectivity index (χ3v) is 3.32. The zero-order chi connectivity index (χ0) is 15.6. The number of hydrogen-bond acceptors (Lipinski definition) is 4. The molecule has 2 amide bonds. The van der Waals surface area contributed by atoms with E-state index in [-0.39, 0.29) is 30.3 Å². The first-order valence-corrected chi connectivity index (χ1v) is 6.87. The van der Waals surface area contributed by atoms with Crippen molar-refractivity contribution in [3.8, 4) is 0 Å². The highest BCUT2D eigenvalue weighted by molar-refractivity contribution is 5.88. The SMILES string of the molecule is Cc1oc(CNC(=O)N2C[C@@H](C)O[C@@H](C)C2)cc1C(=O)O. The Hall–Kier alpha value is -2.02. The van der Waals surface area contributed by atoms with E-state index in [9.17, 15) is 9.59 Å². The molecule has 0 aromatic carbocycles. The average molecular weight is 296 g/mol. The molecule has 1 fully saturated rings. The number of nitrogens with zero attached hydrogens (tertiary/aromatic N) is 1. The van der Waals surface area contributed by atoms with Gasteiger partial charge in [-0.1, -0.05) is 0 Å². The van der Waals surface area contributed by atoms with Crippen LogP contribution < -0.4 is 5.32 Å². The number of morpholine rings is 1. The van der Waals surface area contributed by atoms with E-state index < -0.39 is 5.97 Å². The zero-order valence-corrected chi connectivity index (χ0v) is 12.4. The molecular weight excluding hydrogens is 276 g/mol. The third kappa shape index (κ3) is 3.75. The number of ether oxygens (including phenoxy) is 1. The Morgan fingerprint density at radius 2 is 2.00 bits per heavy atom. The van der Waals surface area contributed by atoms with Gasteiger partial charge in [-0.15, -0.1) is 0 Å². The fourth-order valence-corrected chi connectivity index (χ4v) is 2.46. The highest BCUT2D eigenvalue weighted by atomic mass is 16.5. The van der Waals surface area contributed by atoms with Gasteiger partial charge in [0.15, 0.2) is 0 Å². The molecule has 0 unspecified atom stereocenters. The Balaban J connectivity index is 1.92. The molecule has 1 aromatic heterocycles. The van der Waals surface area contributed by atoms with Gasteiger partial charge in [-0.25, -0.2) is 9.59 Å². The zero-order valence-electron chi connectivity index (χ0n) is 12.4. The molecule has 0 saturated carbocycles. The summed E-state index contributed by atoms with van der Waals surface area (Å²) in [6.45, 7) is 6.66. The molecule has 21 heavy (non-hydrogen) atoms. The molecular formula is C14H20N2O5. The van der Waals surface area contributed by atoms with Crippen molar-refractivity contribution in [3.63, 3.8) is 0 Å². The molecule has 0 aliphatic carbocycles. The van der Waals surface area contributed by atoms with E-state index in [2.05, 4.69) is 5.32 Å². The lowest BCUT2D eigenvalue weighted by molar-refractivity contribution is -0.0545. The van der Waals surface area contributed by atoms with Gasteiger partial charge in [-0.2, -0.15) is 0 Å². The molecule has 1 aliphatic heterocycles. The van der Waals surface area contributed by atoms with Gasteiger partial charge in [0.05, 0.1) is 18.8 Å². The maximum Gasteiger partial charge on any atom is 0.339 e. The van der Waals surface area contributed by atoms with Gasteiger partial charge in [0.1, 0.15) is 17.1 Å². The van der Waals surface area contributed by atoms with Gasteiger partial charge in [0, 0.05) is 13.1 Å². The van der Waals surface area contributed by atoms with Crippen LogP contribution in [-0.2, 0) is 11.3 Å². The van der Waals surface area contributed by atoms with Gasteiger partial charge in [-0.05, 0) is 26.8 Å². The highest BCUT2D eigenvalue weighted by Crippen LogP contribution is 2.15. The van der Waals surface area contributed by atoms with Crippen LogP contribution in [-0.4, -0.2) is 47.3 Å². The quantitative estimate of drug-likeness (QED) is 0.884. The van der Waals surface area contributed by atoms with Crippen LogP contribution in [0.5, 0.6) is 0 Å². The summed E-state index contributed by atoms with van der Waals surface area (Å²) < 4.78 is 10.9. The van der Waals surface area contributed by atoms with E-state index in [1.807, 2.05) is 13.8 Å². The molecule has 116 valence electrons. The Labute approximate surface area is 122 Å². The van der Waals surface area contributed by atoms with Gasteiger partial charge in [0.2, 0.25) is 0 Å². The molecule has 1 saturated heterocycles. The minimum atomic E-state index is -1.04. The molecule has 7 heteroatoms. The largest absolute Gasteiger partial charge is 0.478 e. The van der Waals surface area contributed by atoms with Crippen LogP contribution in [0.2, 0.25) is 0 Å². The highest BCUT2D eigenvalue weighted by Gasteiger charge is 2.25. The number of carboxylic acids is 1. The average Bonchev–Trinajstić information content (AvgIpc) is 2.76. The van der Waals surface area contributed by atoms with Crippen molar-refractivity contribution in [1.82, 2.24) is 10.2 Å². The van der Waals surface area contributed by atoms with Crippen LogP contribution >= 0.6 is 0 Å². The third-order valence-electron chi connectivity index (χ3n) is 3.32. The second kappa shape index (κ2) is 6.17. The Morgan fingerprint density at radius 3 is 2.52 bits per heavy atom. The summed E-state index contributed by atoms with van der Waals surface area (Å²) in [4.78, 5) is 24.7. The van der Waals surface area contributed by atoms with Crippen molar-refractivity contribution in [2.24, 2.45) is 0 Å². The smallest absolute Gasteiger partial charge is 0.339 e. The number of hydrogen-bond donors (Lipinski definition) is 2. The van der Waals surface area contributed by atoms with Crippen molar-refractivity contribution in [1.29, 1.82) is 0 Å². The fraction of sp³-hybridized carbons (Fsp3) is 0.571. The van der Waals surface area contributed by atoms with Crippen molar-refractivity contribution < 1.29 is 23.8 Å². The summed E-state index contributed by atoms with van der Waals surface area (Å²) >= 11 is 0. The van der Waals surface area contributed by atoms with Crippen LogP contribution in [0.25, 0.3) is 0 Å². The molecule has 1 aromatic rings. The van der Waals surface area contributed by atoms with Crippen LogP contribution in [0.4, 0.5) is 4.79 Å². The molecule has 2 N–H and O–H groups in total. The van der Waals surface area contributed by atoms with Gasteiger partial charge in [-0.3, -0.25) is 0 Å². The van der Waals surface area contributed by atoms with Crippen molar-refractivity contribution in [3.05, 3.63) is 23.2 Å². The number of furan rings is 1. The number of amides is 2. The summed E-state index contributed by atoms with van der Waals surface area (Å²) in [6, 6.07) is 1.23. The summed E-state index contributed by atoms with van der Waals surface area (Å²) in [5.41, 5.74) is 0.118. The predicted molar refractivity (Wildman–Crippen MR) is 74.2 cm³/mol. The normalized spacial score (nSPS) is 22.1. The topological polar surface area (TPSA) is 92.0 Å². The summed E-state index contributed by atoms with van der Waals surface area (Å²) in [5.74, 6) is -0.280. The number of carbonyl (C=O) groups is 2. The number of aryl methyl sites for hydroxylation is 1. The molecule has 2 atom stereocenters. The Morgan fingerprint density at radius 1 is 1.38 bits per heavy atom. The molecule has 0 spiro atoms. The predicted octanol–water partition coefficient (Wildman–Crippen LogP) is 1.61. The number of aromatic carboxylic acids is 1. The molecule has 0 radical (unpaired) electrons. The molecule has 2 rings (SSSR count). The minimum Gasteiger partial charge on any atom is -0.478 e. The number of carbonyl (C=O) groups excluding carboxylic acids is 1. The maximum absolute atomic E-state index is 12.1. The molecule has 1 aliphatic rings. The number of rotatable bonds is 3. The number of carboxylic acid groups (broad SMARTS) is 1. The minimum absolute atomic E-state index is 0.00368. The van der Waals surface area contributed by atoms with E-state index >= 15 is 0 Å². The van der Waals surface area contributed by atoms with Crippen molar-refractivity contribution in [2.45, 2.75) is 39.5 Å². The van der Waals surface area contributed by atoms with E-state index in [0.29, 0.717) is 24.6 Å². The van der Waals surface area contributed by atoms with Crippen LogP contribution in [0.3, 0.4) is 0 Å². The second-order valence-corrected chi connectivity index (χ2v) is 5.31. The van der Waals surface area contributed by atoms with E-state index in [0.717, 1.165) is 0 Å². The van der Waals surface area contributed by atoms with Gasteiger partial charge >= 0.3 is 12.0 Å². The van der Waals surface area contributed by atoms with Gasteiger partial charge < -0.3 is 24.5 Å². The number of urea groups is 1. The van der Waals surface area contributed by atoms with E-state index in [1.165, 1.54) is 6.07 Å². The first-order valence-electron chi connectivity index (χ1n) is 6.87. The Bertz CT molecular complexity index is 529. The summed E-state index contributed by atoms with van der Waals surface area (Å²) in [5, 5.41) is 11.7. The number of nitrogens with one attached hydrogen (secondary N) is 1. The summed E-state index contributed by atoms with van der Waals surface area (Å²) in [7, 11) is 0. The Kier molecular flexibility index (Phi) is 4.52. The van der Waals surface area contributed by atoms with Gasteiger partial charge in [0.25, 0.3) is 0 Å². The van der Waals surface area contributed by atoms with Crippen LogP contribution in [0, 0.1) is 6.92 Å².